The quantitative estimate of drug-likeness (QED) is 0.858. The van der Waals surface area contributed by atoms with Gasteiger partial charge in [0, 0.05) is 32.6 Å². The van der Waals surface area contributed by atoms with Gasteiger partial charge < -0.3 is 19.9 Å². The number of hydrogen-bond donors (Lipinski definition) is 2. The summed E-state index contributed by atoms with van der Waals surface area (Å²) < 4.78 is 23.4. The standard InChI is InChI=1S/C15H20FNO4/c1-11(21-13-4-2-12(16)3-5-13)14(18)17-10-15(19)6-8-20-9-7-15/h2-5,11,19H,6-10H2,1H3,(H,17,18). The number of ether oxygens (including phenoxy) is 2. The second kappa shape index (κ2) is 6.87. The van der Waals surface area contributed by atoms with Crippen LogP contribution in [0.15, 0.2) is 24.3 Å². The first kappa shape index (κ1) is 15.7. The number of hydrogen-bond acceptors (Lipinski definition) is 4. The molecule has 1 saturated heterocycles. The predicted molar refractivity (Wildman–Crippen MR) is 74.5 cm³/mol. The Morgan fingerprint density at radius 2 is 2.05 bits per heavy atom. The maximum absolute atomic E-state index is 12.8. The van der Waals surface area contributed by atoms with Crippen LogP contribution in [0.25, 0.3) is 0 Å². The van der Waals surface area contributed by atoms with Crippen LogP contribution in [0, 0.1) is 5.82 Å². The molecule has 116 valence electrons. The van der Waals surface area contributed by atoms with Crippen LogP contribution in [0.3, 0.4) is 0 Å². The third-order valence-electron chi connectivity index (χ3n) is 3.51. The SMILES string of the molecule is CC(Oc1ccc(F)cc1)C(=O)NCC1(O)CCOCC1. The van der Waals surface area contributed by atoms with Gasteiger partial charge in [-0.2, -0.15) is 0 Å². The lowest BCUT2D eigenvalue weighted by molar-refractivity contribution is -0.130. The highest BCUT2D eigenvalue weighted by Gasteiger charge is 2.30. The van der Waals surface area contributed by atoms with E-state index in [1.807, 2.05) is 0 Å². The summed E-state index contributed by atoms with van der Waals surface area (Å²) in [6.45, 7) is 2.76. The van der Waals surface area contributed by atoms with Crippen molar-refractivity contribution < 1.29 is 23.8 Å². The molecular formula is C15H20FNO4. The van der Waals surface area contributed by atoms with Gasteiger partial charge in [0.25, 0.3) is 5.91 Å². The Labute approximate surface area is 123 Å². The second-order valence-corrected chi connectivity index (χ2v) is 5.27. The molecule has 1 aliphatic rings. The lowest BCUT2D eigenvalue weighted by Gasteiger charge is -2.32. The van der Waals surface area contributed by atoms with Crippen LogP contribution in [-0.4, -0.2) is 42.5 Å². The highest BCUT2D eigenvalue weighted by molar-refractivity contribution is 5.80. The first-order chi connectivity index (χ1) is 9.98. The molecule has 0 saturated carbocycles. The van der Waals surface area contributed by atoms with Crippen molar-refractivity contribution in [2.75, 3.05) is 19.8 Å². The molecule has 1 fully saturated rings. The molecule has 2 N–H and O–H groups in total. The zero-order valence-corrected chi connectivity index (χ0v) is 12.0. The van der Waals surface area contributed by atoms with Gasteiger partial charge in [0.05, 0.1) is 5.60 Å². The normalized spacial score (nSPS) is 18.8. The average molecular weight is 297 g/mol. The fourth-order valence-electron chi connectivity index (χ4n) is 2.09. The number of carbonyl (C=O) groups is 1. The number of benzene rings is 1. The van der Waals surface area contributed by atoms with Crippen LogP contribution in [-0.2, 0) is 9.53 Å². The summed E-state index contributed by atoms with van der Waals surface area (Å²) in [7, 11) is 0. The Morgan fingerprint density at radius 3 is 2.67 bits per heavy atom. The van der Waals surface area contributed by atoms with Gasteiger partial charge in [-0.15, -0.1) is 0 Å². The van der Waals surface area contributed by atoms with Crippen molar-refractivity contribution >= 4 is 5.91 Å². The summed E-state index contributed by atoms with van der Waals surface area (Å²) in [5, 5.41) is 12.9. The van der Waals surface area contributed by atoms with E-state index in [0.717, 1.165) is 0 Å². The Kier molecular flexibility index (Phi) is 5.14. The fourth-order valence-corrected chi connectivity index (χ4v) is 2.09. The van der Waals surface area contributed by atoms with Gasteiger partial charge >= 0.3 is 0 Å². The molecule has 1 amide bonds. The summed E-state index contributed by atoms with van der Waals surface area (Å²) in [6.07, 6.45) is 0.278. The van der Waals surface area contributed by atoms with Gasteiger partial charge in [-0.05, 0) is 31.2 Å². The summed E-state index contributed by atoms with van der Waals surface area (Å²) in [4.78, 5) is 11.9. The smallest absolute Gasteiger partial charge is 0.260 e. The lowest BCUT2D eigenvalue weighted by Crippen LogP contribution is -2.49. The molecular weight excluding hydrogens is 277 g/mol. The molecule has 1 aromatic rings. The number of aliphatic hydroxyl groups is 1. The van der Waals surface area contributed by atoms with Crippen LogP contribution in [0.2, 0.25) is 0 Å². The Balaban J connectivity index is 1.80. The molecule has 5 nitrogen and oxygen atoms in total. The molecule has 1 atom stereocenters. The predicted octanol–water partition coefficient (Wildman–Crippen LogP) is 1.25. The average Bonchev–Trinajstić information content (AvgIpc) is 2.48. The van der Waals surface area contributed by atoms with Crippen LogP contribution in [0.4, 0.5) is 4.39 Å². The molecule has 0 spiro atoms. The summed E-state index contributed by atoms with van der Waals surface area (Å²) in [6, 6.07) is 5.46. The van der Waals surface area contributed by atoms with Gasteiger partial charge in [0.1, 0.15) is 11.6 Å². The summed E-state index contributed by atoms with van der Waals surface area (Å²) >= 11 is 0. The second-order valence-electron chi connectivity index (χ2n) is 5.27. The van der Waals surface area contributed by atoms with E-state index >= 15 is 0 Å². The molecule has 21 heavy (non-hydrogen) atoms. The lowest BCUT2D eigenvalue weighted by atomic mass is 9.94. The minimum absolute atomic E-state index is 0.173. The van der Waals surface area contributed by atoms with E-state index in [4.69, 9.17) is 9.47 Å². The molecule has 0 radical (unpaired) electrons. The number of halogens is 1. The fraction of sp³-hybridized carbons (Fsp3) is 0.533. The minimum atomic E-state index is -0.913. The van der Waals surface area contributed by atoms with Crippen molar-refractivity contribution in [1.29, 1.82) is 0 Å². The van der Waals surface area contributed by atoms with Gasteiger partial charge in [0.2, 0.25) is 0 Å². The first-order valence-electron chi connectivity index (χ1n) is 6.99. The molecule has 1 aliphatic heterocycles. The van der Waals surface area contributed by atoms with Crippen molar-refractivity contribution in [3.63, 3.8) is 0 Å². The molecule has 1 unspecified atom stereocenters. The molecule has 1 heterocycles. The number of amides is 1. The van der Waals surface area contributed by atoms with E-state index in [1.54, 1.807) is 6.92 Å². The van der Waals surface area contributed by atoms with E-state index in [-0.39, 0.29) is 18.3 Å². The number of nitrogens with one attached hydrogen (secondary N) is 1. The van der Waals surface area contributed by atoms with Gasteiger partial charge in [-0.25, -0.2) is 4.39 Å². The molecule has 0 aliphatic carbocycles. The number of rotatable bonds is 5. The molecule has 0 bridgehead atoms. The number of carbonyl (C=O) groups excluding carboxylic acids is 1. The zero-order valence-electron chi connectivity index (χ0n) is 12.0. The Morgan fingerprint density at radius 1 is 1.43 bits per heavy atom. The first-order valence-corrected chi connectivity index (χ1v) is 6.99. The summed E-state index contributed by atoms with van der Waals surface area (Å²) in [5.74, 6) is -0.260. The van der Waals surface area contributed by atoms with E-state index in [0.29, 0.717) is 31.8 Å². The van der Waals surface area contributed by atoms with Crippen molar-refractivity contribution in [3.8, 4) is 5.75 Å². The summed E-state index contributed by atoms with van der Waals surface area (Å²) in [5.41, 5.74) is -0.913. The van der Waals surface area contributed by atoms with E-state index in [1.165, 1.54) is 24.3 Å². The molecule has 0 aromatic heterocycles. The topological polar surface area (TPSA) is 67.8 Å². The van der Waals surface area contributed by atoms with Crippen LogP contribution in [0.5, 0.6) is 5.75 Å². The zero-order chi connectivity index (χ0) is 15.3. The third-order valence-corrected chi connectivity index (χ3v) is 3.51. The van der Waals surface area contributed by atoms with Crippen molar-refractivity contribution in [2.24, 2.45) is 0 Å². The van der Waals surface area contributed by atoms with Crippen molar-refractivity contribution in [3.05, 3.63) is 30.1 Å². The van der Waals surface area contributed by atoms with Gasteiger partial charge in [0.15, 0.2) is 6.10 Å². The van der Waals surface area contributed by atoms with E-state index in [9.17, 15) is 14.3 Å². The van der Waals surface area contributed by atoms with Crippen LogP contribution < -0.4 is 10.1 Å². The molecule has 6 heteroatoms. The Bertz CT molecular complexity index is 471. The highest BCUT2D eigenvalue weighted by atomic mass is 19.1. The van der Waals surface area contributed by atoms with Crippen LogP contribution >= 0.6 is 0 Å². The van der Waals surface area contributed by atoms with Gasteiger partial charge in [-0.1, -0.05) is 0 Å². The van der Waals surface area contributed by atoms with Crippen LogP contribution in [0.1, 0.15) is 19.8 Å². The monoisotopic (exact) mass is 297 g/mol. The third kappa shape index (κ3) is 4.68. The maximum atomic E-state index is 12.8. The van der Waals surface area contributed by atoms with Crippen molar-refractivity contribution in [2.45, 2.75) is 31.5 Å². The highest BCUT2D eigenvalue weighted by Crippen LogP contribution is 2.19. The largest absolute Gasteiger partial charge is 0.481 e. The van der Waals surface area contributed by atoms with Crippen molar-refractivity contribution in [1.82, 2.24) is 5.32 Å². The minimum Gasteiger partial charge on any atom is -0.481 e. The van der Waals surface area contributed by atoms with E-state index in [2.05, 4.69) is 5.32 Å². The van der Waals surface area contributed by atoms with E-state index < -0.39 is 11.7 Å². The van der Waals surface area contributed by atoms with Gasteiger partial charge in [-0.3, -0.25) is 4.79 Å². The molecule has 1 aromatic carbocycles. The maximum Gasteiger partial charge on any atom is 0.260 e. The molecule has 2 rings (SSSR count). The Hall–Kier alpha value is -1.66.